The van der Waals surface area contributed by atoms with Crippen LogP contribution >= 0.6 is 11.8 Å². The smallest absolute Gasteiger partial charge is 0.136 e. The van der Waals surface area contributed by atoms with E-state index in [1.165, 1.54) is 12.8 Å². The van der Waals surface area contributed by atoms with Crippen molar-refractivity contribution in [2.75, 3.05) is 26.5 Å². The Kier molecular flexibility index (Phi) is 7.85. The molecule has 1 aromatic rings. The van der Waals surface area contributed by atoms with Crippen molar-refractivity contribution in [2.45, 2.75) is 38.0 Å². The Morgan fingerprint density at radius 1 is 1.15 bits per heavy atom. The molecule has 0 heterocycles. The van der Waals surface area contributed by atoms with Crippen LogP contribution in [0.4, 0.5) is 0 Å². The summed E-state index contributed by atoms with van der Waals surface area (Å²) >= 11 is 1.81. The van der Waals surface area contributed by atoms with Crippen molar-refractivity contribution in [1.82, 2.24) is 0 Å². The maximum Gasteiger partial charge on any atom is 0.136 e. The molecule has 1 rings (SSSR count). The fraction of sp³-hybridized carbons (Fsp3) is 0.625. The maximum absolute atomic E-state index is 5.62. The van der Waals surface area contributed by atoms with Gasteiger partial charge < -0.3 is 15.2 Å². The molecule has 0 saturated carbocycles. The lowest BCUT2D eigenvalue weighted by molar-refractivity contribution is 0.375. The molecular weight excluding hydrogens is 270 g/mol. The van der Waals surface area contributed by atoms with Gasteiger partial charge in [-0.3, -0.25) is 0 Å². The van der Waals surface area contributed by atoms with E-state index in [4.69, 9.17) is 15.2 Å². The van der Waals surface area contributed by atoms with Crippen molar-refractivity contribution < 1.29 is 9.47 Å². The Bertz CT molecular complexity index is 382. The second-order valence-corrected chi connectivity index (χ2v) is 6.36. The van der Waals surface area contributed by atoms with E-state index < -0.39 is 0 Å². The second kappa shape index (κ2) is 9.14. The van der Waals surface area contributed by atoms with Gasteiger partial charge in [-0.2, -0.15) is 0 Å². The van der Waals surface area contributed by atoms with Crippen LogP contribution in [0.3, 0.4) is 0 Å². The topological polar surface area (TPSA) is 44.5 Å². The van der Waals surface area contributed by atoms with Gasteiger partial charge in [0, 0.05) is 0 Å². The van der Waals surface area contributed by atoms with Crippen molar-refractivity contribution in [3.8, 4) is 11.5 Å². The molecule has 20 heavy (non-hydrogen) atoms. The molecule has 0 aliphatic carbocycles. The largest absolute Gasteiger partial charge is 0.495 e. The Labute approximate surface area is 127 Å². The first kappa shape index (κ1) is 17.2. The number of hydrogen-bond donors (Lipinski definition) is 1. The minimum absolute atomic E-state index is 0.632. The van der Waals surface area contributed by atoms with Gasteiger partial charge in [-0.15, -0.1) is 11.8 Å². The molecule has 0 spiro atoms. The fourth-order valence-corrected chi connectivity index (χ4v) is 3.14. The highest BCUT2D eigenvalue weighted by Crippen LogP contribution is 2.39. The van der Waals surface area contributed by atoms with Crippen molar-refractivity contribution in [3.63, 3.8) is 0 Å². The van der Waals surface area contributed by atoms with Crippen LogP contribution in [-0.2, 0) is 6.42 Å². The van der Waals surface area contributed by atoms with Gasteiger partial charge in [-0.1, -0.05) is 20.3 Å². The Balaban J connectivity index is 2.81. The third kappa shape index (κ3) is 5.25. The molecule has 114 valence electrons. The summed E-state index contributed by atoms with van der Waals surface area (Å²) in [5, 5.41) is 0. The third-order valence-corrected chi connectivity index (χ3v) is 4.31. The number of ether oxygens (including phenoxy) is 2. The number of rotatable bonds is 9. The SMILES string of the molecule is COc1cc(CCN)cc(OC)c1SCCCC(C)C. The minimum atomic E-state index is 0.632. The molecule has 1 aromatic carbocycles. The summed E-state index contributed by atoms with van der Waals surface area (Å²) in [6.45, 7) is 5.15. The van der Waals surface area contributed by atoms with Crippen LogP contribution < -0.4 is 15.2 Å². The molecule has 0 fully saturated rings. The first-order valence-electron chi connectivity index (χ1n) is 7.20. The summed E-state index contributed by atoms with van der Waals surface area (Å²) in [4.78, 5) is 1.10. The highest BCUT2D eigenvalue weighted by atomic mass is 32.2. The second-order valence-electron chi connectivity index (χ2n) is 5.25. The normalized spacial score (nSPS) is 10.9. The number of benzene rings is 1. The molecule has 0 bridgehead atoms. The predicted octanol–water partition coefficient (Wildman–Crippen LogP) is 3.73. The fourth-order valence-electron chi connectivity index (χ4n) is 2.05. The van der Waals surface area contributed by atoms with Gasteiger partial charge >= 0.3 is 0 Å². The lowest BCUT2D eigenvalue weighted by Crippen LogP contribution is -2.04. The van der Waals surface area contributed by atoms with Crippen molar-refractivity contribution >= 4 is 11.8 Å². The third-order valence-electron chi connectivity index (χ3n) is 3.13. The monoisotopic (exact) mass is 297 g/mol. The highest BCUT2D eigenvalue weighted by molar-refractivity contribution is 7.99. The number of hydrogen-bond acceptors (Lipinski definition) is 4. The van der Waals surface area contributed by atoms with Crippen LogP contribution in [0.5, 0.6) is 11.5 Å². The van der Waals surface area contributed by atoms with Crippen LogP contribution in [0.15, 0.2) is 17.0 Å². The first-order chi connectivity index (χ1) is 9.62. The summed E-state index contributed by atoms with van der Waals surface area (Å²) in [5.74, 6) is 3.62. The Morgan fingerprint density at radius 2 is 1.75 bits per heavy atom. The quantitative estimate of drug-likeness (QED) is 0.557. The number of methoxy groups -OCH3 is 2. The van der Waals surface area contributed by atoms with Crippen LogP contribution in [0.1, 0.15) is 32.3 Å². The van der Waals surface area contributed by atoms with Gasteiger partial charge in [0.25, 0.3) is 0 Å². The van der Waals surface area contributed by atoms with E-state index in [1.807, 2.05) is 11.8 Å². The van der Waals surface area contributed by atoms with Crippen LogP contribution in [0.2, 0.25) is 0 Å². The average Bonchev–Trinajstić information content (AvgIpc) is 2.43. The summed E-state index contributed by atoms with van der Waals surface area (Å²) < 4.78 is 11.0. The predicted molar refractivity (Wildman–Crippen MR) is 87.1 cm³/mol. The summed E-state index contributed by atoms with van der Waals surface area (Å²) in [6.07, 6.45) is 3.30. The summed E-state index contributed by atoms with van der Waals surface area (Å²) in [6, 6.07) is 4.14. The molecule has 0 radical (unpaired) electrons. The van der Waals surface area contributed by atoms with Gasteiger partial charge in [0.05, 0.1) is 19.1 Å². The molecule has 4 heteroatoms. The van der Waals surface area contributed by atoms with Gasteiger partial charge in [0.2, 0.25) is 0 Å². The van der Waals surface area contributed by atoms with Crippen LogP contribution in [0.25, 0.3) is 0 Å². The molecule has 0 aliphatic heterocycles. The first-order valence-corrected chi connectivity index (χ1v) is 8.18. The van der Waals surface area contributed by atoms with E-state index in [2.05, 4.69) is 26.0 Å². The van der Waals surface area contributed by atoms with Crippen molar-refractivity contribution in [3.05, 3.63) is 17.7 Å². The Morgan fingerprint density at radius 3 is 2.20 bits per heavy atom. The summed E-state index contributed by atoms with van der Waals surface area (Å²) in [7, 11) is 3.42. The maximum atomic E-state index is 5.62. The van der Waals surface area contributed by atoms with E-state index in [-0.39, 0.29) is 0 Å². The average molecular weight is 297 g/mol. The van der Waals surface area contributed by atoms with Crippen LogP contribution in [0, 0.1) is 5.92 Å². The van der Waals surface area contributed by atoms with Gasteiger partial charge in [-0.25, -0.2) is 0 Å². The molecule has 3 nitrogen and oxygen atoms in total. The van der Waals surface area contributed by atoms with Crippen LogP contribution in [-0.4, -0.2) is 26.5 Å². The molecule has 0 aromatic heterocycles. The lowest BCUT2D eigenvalue weighted by atomic mass is 10.1. The molecule has 2 N–H and O–H groups in total. The molecule has 0 amide bonds. The standard InChI is InChI=1S/C16H27NO2S/c1-12(2)6-5-9-20-16-14(18-3)10-13(7-8-17)11-15(16)19-4/h10-12H,5-9,17H2,1-4H3. The number of thioether (sulfide) groups is 1. The zero-order valence-corrected chi connectivity index (χ0v) is 13.9. The zero-order valence-electron chi connectivity index (χ0n) is 13.1. The van der Waals surface area contributed by atoms with Gasteiger partial charge in [-0.05, 0) is 48.8 Å². The van der Waals surface area contributed by atoms with E-state index in [9.17, 15) is 0 Å². The van der Waals surface area contributed by atoms with Crippen molar-refractivity contribution in [2.24, 2.45) is 11.7 Å². The summed E-state index contributed by atoms with van der Waals surface area (Å²) in [5.41, 5.74) is 6.78. The van der Waals surface area contributed by atoms with E-state index >= 15 is 0 Å². The lowest BCUT2D eigenvalue weighted by Gasteiger charge is -2.15. The minimum Gasteiger partial charge on any atom is -0.495 e. The number of nitrogens with two attached hydrogens (primary N) is 1. The van der Waals surface area contributed by atoms with Crippen molar-refractivity contribution in [1.29, 1.82) is 0 Å². The molecular formula is C16H27NO2S. The highest BCUT2D eigenvalue weighted by Gasteiger charge is 2.13. The van der Waals surface area contributed by atoms with E-state index in [1.54, 1.807) is 14.2 Å². The van der Waals surface area contributed by atoms with E-state index in [0.29, 0.717) is 6.54 Å². The van der Waals surface area contributed by atoms with E-state index in [0.717, 1.165) is 40.0 Å². The molecule has 0 atom stereocenters. The van der Waals surface area contributed by atoms with Gasteiger partial charge in [0.1, 0.15) is 11.5 Å². The molecule has 0 saturated heterocycles. The zero-order chi connectivity index (χ0) is 15.0. The van der Waals surface area contributed by atoms with Gasteiger partial charge in [0.15, 0.2) is 0 Å². The Hall–Kier alpha value is -0.870. The molecule has 0 unspecified atom stereocenters. The molecule has 0 aliphatic rings.